The average molecular weight is 316 g/mol. The van der Waals surface area contributed by atoms with Gasteiger partial charge >= 0.3 is 6.03 Å². The zero-order valence-corrected chi connectivity index (χ0v) is 13.9. The fourth-order valence-corrected chi connectivity index (χ4v) is 3.04. The van der Waals surface area contributed by atoms with Crippen molar-refractivity contribution >= 4 is 17.1 Å². The molecular weight excluding hydrogens is 292 g/mol. The van der Waals surface area contributed by atoms with E-state index in [0.717, 1.165) is 16.9 Å². The van der Waals surface area contributed by atoms with Gasteiger partial charge in [0.05, 0.1) is 23.2 Å². The van der Waals surface area contributed by atoms with Crippen molar-refractivity contribution in [1.82, 2.24) is 20.2 Å². The maximum Gasteiger partial charge on any atom is 0.317 e. The van der Waals surface area contributed by atoms with E-state index < -0.39 is 0 Å². The fraction of sp³-hybridized carbons (Fsp3) is 0.529. The SMILES string of the molecule is Cc1ccc2nc(CCNC(=O)N3C[C@@H](C)O[C@@H](C)C3)[nH]c2c1. The number of aromatic nitrogens is 2. The maximum absolute atomic E-state index is 12.2. The molecule has 2 aromatic rings. The number of benzene rings is 1. The van der Waals surface area contributed by atoms with Crippen LogP contribution in [0.15, 0.2) is 18.2 Å². The smallest absolute Gasteiger partial charge is 0.317 e. The van der Waals surface area contributed by atoms with Crippen LogP contribution in [-0.2, 0) is 11.2 Å². The first-order chi connectivity index (χ1) is 11.0. The Morgan fingerprint density at radius 1 is 1.39 bits per heavy atom. The highest BCUT2D eigenvalue weighted by molar-refractivity contribution is 5.76. The van der Waals surface area contributed by atoms with Crippen LogP contribution < -0.4 is 5.32 Å². The molecule has 0 radical (unpaired) electrons. The van der Waals surface area contributed by atoms with E-state index in [1.165, 1.54) is 5.56 Å². The Morgan fingerprint density at radius 3 is 2.87 bits per heavy atom. The number of aryl methyl sites for hydroxylation is 1. The molecule has 1 fully saturated rings. The van der Waals surface area contributed by atoms with Crippen LogP contribution in [0, 0.1) is 6.92 Å². The number of H-pyrrole nitrogens is 1. The van der Waals surface area contributed by atoms with Gasteiger partial charge in [-0.15, -0.1) is 0 Å². The molecule has 2 N–H and O–H groups in total. The molecule has 3 rings (SSSR count). The van der Waals surface area contributed by atoms with Crippen LogP contribution in [0.3, 0.4) is 0 Å². The number of fused-ring (bicyclic) bond motifs is 1. The van der Waals surface area contributed by atoms with Gasteiger partial charge in [-0.2, -0.15) is 0 Å². The van der Waals surface area contributed by atoms with Crippen molar-refractivity contribution in [1.29, 1.82) is 0 Å². The number of hydrogen-bond acceptors (Lipinski definition) is 3. The number of rotatable bonds is 3. The van der Waals surface area contributed by atoms with E-state index in [4.69, 9.17) is 4.74 Å². The van der Waals surface area contributed by atoms with E-state index in [0.29, 0.717) is 26.1 Å². The molecule has 23 heavy (non-hydrogen) atoms. The fourth-order valence-electron chi connectivity index (χ4n) is 3.04. The lowest BCUT2D eigenvalue weighted by Gasteiger charge is -2.35. The number of aromatic amines is 1. The third-order valence-electron chi connectivity index (χ3n) is 4.03. The Morgan fingerprint density at radius 2 is 2.13 bits per heavy atom. The topological polar surface area (TPSA) is 70.2 Å². The summed E-state index contributed by atoms with van der Waals surface area (Å²) in [4.78, 5) is 21.9. The summed E-state index contributed by atoms with van der Waals surface area (Å²) in [5, 5.41) is 2.97. The summed E-state index contributed by atoms with van der Waals surface area (Å²) in [5.74, 6) is 0.898. The predicted octanol–water partition coefficient (Wildman–Crippen LogP) is 2.23. The molecule has 6 heteroatoms. The summed E-state index contributed by atoms with van der Waals surface area (Å²) in [7, 11) is 0. The largest absolute Gasteiger partial charge is 0.372 e. The van der Waals surface area contributed by atoms with E-state index in [1.807, 2.05) is 24.8 Å². The minimum absolute atomic E-state index is 0.0287. The van der Waals surface area contributed by atoms with Gasteiger partial charge in [0.2, 0.25) is 0 Å². The Hall–Kier alpha value is -2.08. The molecule has 1 aliphatic heterocycles. The number of hydrogen-bond donors (Lipinski definition) is 2. The van der Waals surface area contributed by atoms with Crippen LogP contribution >= 0.6 is 0 Å². The lowest BCUT2D eigenvalue weighted by molar-refractivity contribution is -0.0544. The van der Waals surface area contributed by atoms with Crippen LogP contribution in [0.1, 0.15) is 25.2 Å². The summed E-state index contributed by atoms with van der Waals surface area (Å²) in [6.07, 6.45) is 0.862. The molecule has 0 unspecified atom stereocenters. The summed E-state index contributed by atoms with van der Waals surface area (Å²) < 4.78 is 5.65. The van der Waals surface area contributed by atoms with Crippen molar-refractivity contribution in [3.05, 3.63) is 29.6 Å². The second kappa shape index (κ2) is 6.58. The van der Waals surface area contributed by atoms with Crippen molar-refractivity contribution in [2.75, 3.05) is 19.6 Å². The molecular formula is C17H24N4O2. The van der Waals surface area contributed by atoms with E-state index >= 15 is 0 Å². The number of urea groups is 1. The molecule has 2 amide bonds. The number of imidazole rings is 1. The van der Waals surface area contributed by atoms with Crippen molar-refractivity contribution in [3.8, 4) is 0 Å². The quantitative estimate of drug-likeness (QED) is 0.912. The molecule has 2 heterocycles. The van der Waals surface area contributed by atoms with Gasteiger partial charge in [0.15, 0.2) is 0 Å². The van der Waals surface area contributed by atoms with Crippen LogP contribution in [0.5, 0.6) is 0 Å². The van der Waals surface area contributed by atoms with Gasteiger partial charge in [0, 0.05) is 26.1 Å². The molecule has 124 valence electrons. The van der Waals surface area contributed by atoms with Crippen molar-refractivity contribution in [2.24, 2.45) is 0 Å². The van der Waals surface area contributed by atoms with Crippen molar-refractivity contribution in [3.63, 3.8) is 0 Å². The maximum atomic E-state index is 12.2. The van der Waals surface area contributed by atoms with Gasteiger partial charge in [-0.3, -0.25) is 0 Å². The Labute approximate surface area is 136 Å². The molecule has 0 bridgehead atoms. The van der Waals surface area contributed by atoms with Crippen LogP contribution in [-0.4, -0.2) is 52.7 Å². The molecule has 0 saturated carbocycles. The highest BCUT2D eigenvalue weighted by Gasteiger charge is 2.25. The van der Waals surface area contributed by atoms with Crippen LogP contribution in [0.2, 0.25) is 0 Å². The lowest BCUT2D eigenvalue weighted by atomic mass is 10.2. The standard InChI is InChI=1S/C17H24N4O2/c1-11-4-5-14-15(8-11)20-16(19-14)6-7-18-17(22)21-9-12(2)23-13(3)10-21/h4-5,8,12-13H,6-7,9-10H2,1-3H3,(H,18,22)(H,19,20)/t12-,13+. The highest BCUT2D eigenvalue weighted by atomic mass is 16.5. The molecule has 6 nitrogen and oxygen atoms in total. The summed E-state index contributed by atoms with van der Waals surface area (Å²) in [6, 6.07) is 6.12. The normalized spacial score (nSPS) is 21.6. The number of nitrogens with one attached hydrogen (secondary N) is 2. The number of carbonyl (C=O) groups excluding carboxylic acids is 1. The third kappa shape index (κ3) is 3.82. The van der Waals surface area contributed by atoms with E-state index in [1.54, 1.807) is 0 Å². The van der Waals surface area contributed by atoms with Gasteiger partial charge in [-0.05, 0) is 38.5 Å². The summed E-state index contributed by atoms with van der Waals surface area (Å²) in [5.41, 5.74) is 3.21. The number of carbonyl (C=O) groups is 1. The number of ether oxygens (including phenoxy) is 1. The first kappa shape index (κ1) is 15.8. The second-order valence-corrected chi connectivity index (χ2v) is 6.35. The molecule has 1 aromatic carbocycles. The lowest BCUT2D eigenvalue weighted by Crippen LogP contribution is -2.51. The van der Waals surface area contributed by atoms with Gasteiger partial charge in [0.25, 0.3) is 0 Å². The van der Waals surface area contributed by atoms with Crippen molar-refractivity contribution < 1.29 is 9.53 Å². The minimum atomic E-state index is -0.0287. The summed E-state index contributed by atoms with van der Waals surface area (Å²) >= 11 is 0. The first-order valence-electron chi connectivity index (χ1n) is 8.15. The molecule has 0 spiro atoms. The van der Waals surface area contributed by atoms with Gasteiger partial charge in [-0.25, -0.2) is 9.78 Å². The zero-order valence-electron chi connectivity index (χ0n) is 13.9. The monoisotopic (exact) mass is 316 g/mol. The van der Waals surface area contributed by atoms with E-state index in [-0.39, 0.29) is 18.2 Å². The minimum Gasteiger partial charge on any atom is -0.372 e. The zero-order chi connectivity index (χ0) is 16.4. The van der Waals surface area contributed by atoms with Gasteiger partial charge in [-0.1, -0.05) is 6.07 Å². The highest BCUT2D eigenvalue weighted by Crippen LogP contribution is 2.13. The summed E-state index contributed by atoms with van der Waals surface area (Å²) in [6.45, 7) is 7.89. The average Bonchev–Trinajstić information content (AvgIpc) is 2.87. The van der Waals surface area contributed by atoms with Gasteiger partial charge in [0.1, 0.15) is 5.82 Å². The molecule has 1 aliphatic rings. The van der Waals surface area contributed by atoms with Crippen LogP contribution in [0.25, 0.3) is 11.0 Å². The second-order valence-electron chi connectivity index (χ2n) is 6.35. The molecule has 2 atom stereocenters. The number of nitrogens with zero attached hydrogens (tertiary/aromatic N) is 2. The predicted molar refractivity (Wildman–Crippen MR) is 89.5 cm³/mol. The van der Waals surface area contributed by atoms with Crippen molar-refractivity contribution in [2.45, 2.75) is 39.4 Å². The first-order valence-corrected chi connectivity index (χ1v) is 8.15. The number of morpholine rings is 1. The van der Waals surface area contributed by atoms with Gasteiger partial charge < -0.3 is 19.9 Å². The van der Waals surface area contributed by atoms with Crippen LogP contribution in [0.4, 0.5) is 4.79 Å². The third-order valence-corrected chi connectivity index (χ3v) is 4.03. The molecule has 1 aromatic heterocycles. The Kier molecular flexibility index (Phi) is 4.52. The van der Waals surface area contributed by atoms with E-state index in [2.05, 4.69) is 34.3 Å². The van der Waals surface area contributed by atoms with E-state index in [9.17, 15) is 4.79 Å². The Balaban J connectivity index is 1.52. The number of amides is 2. The molecule has 1 saturated heterocycles. The molecule has 0 aliphatic carbocycles. The Bertz CT molecular complexity index is 687.